The highest BCUT2D eigenvalue weighted by atomic mass is 32.1. The van der Waals surface area contributed by atoms with E-state index in [1.54, 1.807) is 32.2 Å². The van der Waals surface area contributed by atoms with Gasteiger partial charge in [0.05, 0.1) is 0 Å². The van der Waals surface area contributed by atoms with Gasteiger partial charge in [-0.1, -0.05) is 5.16 Å². The number of carbonyl (C=O) groups is 2. The molecule has 0 radical (unpaired) electrons. The van der Waals surface area contributed by atoms with E-state index < -0.39 is 24.1 Å². The Balaban J connectivity index is 2.66. The van der Waals surface area contributed by atoms with Gasteiger partial charge in [0.25, 0.3) is 0 Å². The lowest BCUT2D eigenvalue weighted by Crippen LogP contribution is -2.26. The highest BCUT2D eigenvalue weighted by Crippen LogP contribution is 2.14. The summed E-state index contributed by atoms with van der Waals surface area (Å²) >= 11 is 1.41. The Bertz CT molecular complexity index is 527. The van der Waals surface area contributed by atoms with Crippen LogP contribution >= 0.6 is 11.3 Å². The summed E-state index contributed by atoms with van der Waals surface area (Å²) < 4.78 is 5.01. The van der Waals surface area contributed by atoms with Gasteiger partial charge >= 0.3 is 11.9 Å². The second-order valence-corrected chi connectivity index (χ2v) is 6.17. The molecule has 0 spiro atoms. The lowest BCUT2D eigenvalue weighted by molar-refractivity contribution is -0.160. The summed E-state index contributed by atoms with van der Waals surface area (Å²) in [5.41, 5.74) is -0.411. The summed E-state index contributed by atoms with van der Waals surface area (Å²) in [6, 6.07) is 1.69. The molecule has 1 heterocycles. The van der Waals surface area contributed by atoms with Crippen LogP contribution in [0.25, 0.3) is 0 Å². The number of nitrogens with zero attached hydrogens (tertiary/aromatic N) is 1. The smallest absolute Gasteiger partial charge is 0.358 e. The second-order valence-electron chi connectivity index (χ2n) is 5.05. The van der Waals surface area contributed by atoms with Crippen LogP contribution in [0.15, 0.2) is 16.6 Å². The molecule has 7 heteroatoms. The van der Waals surface area contributed by atoms with Gasteiger partial charge < -0.3 is 14.7 Å². The first-order valence-corrected chi connectivity index (χ1v) is 6.77. The van der Waals surface area contributed by atoms with Crippen LogP contribution in [0.5, 0.6) is 0 Å². The van der Waals surface area contributed by atoms with E-state index in [0.717, 1.165) is 4.88 Å². The van der Waals surface area contributed by atoms with Crippen molar-refractivity contribution < 1.29 is 24.3 Å². The fourth-order valence-corrected chi connectivity index (χ4v) is 1.99. The Hall–Kier alpha value is -1.89. The minimum Gasteiger partial charge on any atom is -0.476 e. The minimum atomic E-state index is -1.22. The number of carboxylic acid groups (broad SMARTS) is 1. The largest absolute Gasteiger partial charge is 0.476 e. The number of ether oxygens (including phenoxy) is 1. The number of hydrogen-bond acceptors (Lipinski definition) is 6. The maximum Gasteiger partial charge on any atom is 0.358 e. The van der Waals surface area contributed by atoms with Gasteiger partial charge in [-0.15, -0.1) is 11.3 Å². The molecule has 0 aliphatic rings. The topological polar surface area (TPSA) is 85.2 Å². The van der Waals surface area contributed by atoms with Crippen molar-refractivity contribution >= 4 is 29.0 Å². The number of aliphatic carboxylic acids is 1. The van der Waals surface area contributed by atoms with Gasteiger partial charge in [-0.25, -0.2) is 9.59 Å². The van der Waals surface area contributed by atoms with Gasteiger partial charge in [0.2, 0.25) is 6.61 Å². The predicted octanol–water partition coefficient (Wildman–Crippen LogP) is 2.20. The zero-order valence-electron chi connectivity index (χ0n) is 11.8. The second kappa shape index (κ2) is 6.51. The molecule has 0 aliphatic heterocycles. The van der Waals surface area contributed by atoms with Crippen LogP contribution in [-0.4, -0.2) is 35.0 Å². The molecule has 0 aromatic carbocycles. The Morgan fingerprint density at radius 1 is 1.40 bits per heavy atom. The highest BCUT2D eigenvalue weighted by molar-refractivity contribution is 7.10. The van der Waals surface area contributed by atoms with E-state index >= 15 is 0 Å². The van der Waals surface area contributed by atoms with Gasteiger partial charge in [-0.2, -0.15) is 0 Å². The number of esters is 1. The number of carboxylic acids is 1. The monoisotopic (exact) mass is 299 g/mol. The molecule has 0 aliphatic carbocycles. The third kappa shape index (κ3) is 5.40. The van der Waals surface area contributed by atoms with E-state index in [0.29, 0.717) is 5.56 Å². The summed E-state index contributed by atoms with van der Waals surface area (Å²) in [6.07, 6.45) is 0. The van der Waals surface area contributed by atoms with E-state index in [-0.39, 0.29) is 5.71 Å². The van der Waals surface area contributed by atoms with Gasteiger partial charge in [0, 0.05) is 15.8 Å². The van der Waals surface area contributed by atoms with Crippen molar-refractivity contribution in [3.05, 3.63) is 21.9 Å². The third-order valence-corrected chi connectivity index (χ3v) is 2.83. The molecule has 1 N–H and O–H groups in total. The van der Waals surface area contributed by atoms with Crippen LogP contribution in [0.4, 0.5) is 0 Å². The number of oxime groups is 1. The average molecular weight is 299 g/mol. The first-order chi connectivity index (χ1) is 9.19. The molecule has 1 aromatic heterocycles. The zero-order valence-corrected chi connectivity index (χ0v) is 12.6. The van der Waals surface area contributed by atoms with Crippen LogP contribution < -0.4 is 0 Å². The molecule has 0 saturated heterocycles. The fourth-order valence-electron chi connectivity index (χ4n) is 1.30. The van der Waals surface area contributed by atoms with Gasteiger partial charge in [0.15, 0.2) is 5.71 Å². The summed E-state index contributed by atoms with van der Waals surface area (Å²) in [5.74, 6) is -1.82. The van der Waals surface area contributed by atoms with Gasteiger partial charge in [-0.3, -0.25) is 0 Å². The zero-order chi connectivity index (χ0) is 15.3. The molecule has 0 saturated carbocycles. The van der Waals surface area contributed by atoms with Crippen molar-refractivity contribution in [3.63, 3.8) is 0 Å². The van der Waals surface area contributed by atoms with E-state index in [9.17, 15) is 9.59 Å². The lowest BCUT2D eigenvalue weighted by Gasteiger charge is -2.18. The first kappa shape index (κ1) is 16.2. The number of carbonyl (C=O) groups excluding carboxylic acids is 1. The van der Waals surface area contributed by atoms with Crippen molar-refractivity contribution in [1.29, 1.82) is 0 Å². The Kier molecular flexibility index (Phi) is 5.26. The van der Waals surface area contributed by atoms with Crippen molar-refractivity contribution in [2.45, 2.75) is 33.3 Å². The predicted molar refractivity (Wildman–Crippen MR) is 75.0 cm³/mol. The van der Waals surface area contributed by atoms with Crippen LogP contribution in [-0.2, 0) is 19.2 Å². The van der Waals surface area contributed by atoms with Crippen molar-refractivity contribution in [1.82, 2.24) is 0 Å². The quantitative estimate of drug-likeness (QED) is 0.512. The van der Waals surface area contributed by atoms with Crippen LogP contribution in [0.2, 0.25) is 0 Å². The number of hydrogen-bond donors (Lipinski definition) is 1. The highest BCUT2D eigenvalue weighted by Gasteiger charge is 2.18. The molecule has 110 valence electrons. The summed E-state index contributed by atoms with van der Waals surface area (Å²) in [5, 5.41) is 14.2. The van der Waals surface area contributed by atoms with E-state index in [1.807, 2.05) is 6.92 Å². The Morgan fingerprint density at radius 3 is 2.50 bits per heavy atom. The van der Waals surface area contributed by atoms with Crippen LogP contribution in [0, 0.1) is 6.92 Å². The Morgan fingerprint density at radius 2 is 2.05 bits per heavy atom. The van der Waals surface area contributed by atoms with Gasteiger partial charge in [0.1, 0.15) is 5.60 Å². The summed E-state index contributed by atoms with van der Waals surface area (Å²) in [7, 11) is 0. The van der Waals surface area contributed by atoms with E-state index in [2.05, 4.69) is 5.16 Å². The molecule has 20 heavy (non-hydrogen) atoms. The van der Waals surface area contributed by atoms with Crippen molar-refractivity contribution in [2.75, 3.05) is 6.61 Å². The van der Waals surface area contributed by atoms with Crippen molar-refractivity contribution in [3.8, 4) is 0 Å². The molecule has 0 amide bonds. The van der Waals surface area contributed by atoms with E-state index in [1.165, 1.54) is 11.3 Å². The molecule has 1 rings (SSSR count). The summed E-state index contributed by atoms with van der Waals surface area (Å²) in [6.45, 7) is 6.60. The number of rotatable bonds is 5. The molecule has 1 aromatic rings. The Labute approximate surface area is 121 Å². The lowest BCUT2D eigenvalue weighted by atomic mass is 10.2. The average Bonchev–Trinajstić information content (AvgIpc) is 2.68. The first-order valence-electron chi connectivity index (χ1n) is 5.89. The van der Waals surface area contributed by atoms with Crippen LogP contribution in [0.3, 0.4) is 0 Å². The molecule has 0 bridgehead atoms. The minimum absolute atomic E-state index is 0.238. The van der Waals surface area contributed by atoms with E-state index in [4.69, 9.17) is 14.7 Å². The number of aryl methyl sites for hydroxylation is 1. The normalized spacial score (nSPS) is 12.1. The molecular weight excluding hydrogens is 282 g/mol. The number of thiophene rings is 1. The molecule has 0 unspecified atom stereocenters. The molecule has 6 nitrogen and oxygen atoms in total. The third-order valence-electron chi connectivity index (χ3n) is 1.96. The molecule has 0 fully saturated rings. The molecular formula is C13H17NO5S. The molecule has 0 atom stereocenters. The SMILES string of the molecule is Cc1cc(/C(=N/OCC(=O)OC(C)(C)C)C(=O)O)cs1. The van der Waals surface area contributed by atoms with Crippen LogP contribution in [0.1, 0.15) is 31.2 Å². The maximum absolute atomic E-state index is 11.4. The maximum atomic E-state index is 11.4. The standard InChI is InChI=1S/C13H17NO5S/c1-8-5-9(7-20-8)11(12(16)17)14-18-6-10(15)19-13(2,3)4/h5,7H,6H2,1-4H3,(H,16,17)/b14-11-. The fraction of sp³-hybridized carbons (Fsp3) is 0.462. The van der Waals surface area contributed by atoms with Gasteiger partial charge in [-0.05, 0) is 33.8 Å². The van der Waals surface area contributed by atoms with Crippen molar-refractivity contribution in [2.24, 2.45) is 5.16 Å². The summed E-state index contributed by atoms with van der Waals surface area (Å²) in [4.78, 5) is 28.2.